The van der Waals surface area contributed by atoms with E-state index >= 15 is 0 Å². The zero-order valence-electron chi connectivity index (χ0n) is 15.1. The summed E-state index contributed by atoms with van der Waals surface area (Å²) in [5, 5.41) is 9.40. The summed E-state index contributed by atoms with van der Waals surface area (Å²) in [5.41, 5.74) is 4.34. The van der Waals surface area contributed by atoms with Crippen molar-refractivity contribution < 1.29 is 13.9 Å². The lowest BCUT2D eigenvalue weighted by Gasteiger charge is -2.12. The van der Waals surface area contributed by atoms with Crippen molar-refractivity contribution in [3.05, 3.63) is 51.1 Å². The Labute approximate surface area is 159 Å². The van der Waals surface area contributed by atoms with Gasteiger partial charge in [-0.05, 0) is 36.2 Å². The van der Waals surface area contributed by atoms with Crippen LogP contribution in [0.25, 0.3) is 21.6 Å². The van der Waals surface area contributed by atoms with Crippen molar-refractivity contribution in [3.63, 3.8) is 0 Å². The van der Waals surface area contributed by atoms with Crippen LogP contribution in [-0.4, -0.2) is 27.2 Å². The smallest absolute Gasteiger partial charge is 0.309 e. The second-order valence-electron chi connectivity index (χ2n) is 7.32. The van der Waals surface area contributed by atoms with Crippen LogP contribution in [0.1, 0.15) is 30.4 Å². The molecule has 0 bridgehead atoms. The van der Waals surface area contributed by atoms with Gasteiger partial charge in [-0.2, -0.15) is 0 Å². The van der Waals surface area contributed by atoms with E-state index in [9.17, 15) is 18.7 Å². The third-order valence-corrected chi connectivity index (χ3v) is 6.16. The summed E-state index contributed by atoms with van der Waals surface area (Å²) >= 11 is 0.990. The van der Waals surface area contributed by atoms with Crippen molar-refractivity contribution in [2.24, 2.45) is 5.92 Å². The van der Waals surface area contributed by atoms with Gasteiger partial charge in [0.25, 0.3) is 5.92 Å². The van der Waals surface area contributed by atoms with Gasteiger partial charge in [0, 0.05) is 37.0 Å². The first kappa shape index (κ1) is 18.3. The van der Waals surface area contributed by atoms with Crippen LogP contribution in [-0.2, 0) is 6.54 Å². The number of aryl methyl sites for hydroxylation is 1. The van der Waals surface area contributed by atoms with E-state index in [1.807, 2.05) is 38.1 Å². The molecule has 0 spiro atoms. The standard InChI is InChI=1S/C20H20F2N2O2S/c1-11-3-4-13(12(2)10-25)7-15(11)16-5-6-17-18(23-16)27-19(26)24(17)9-14-8-20(14,21)22/h3-7,12,14,25H,8-10H2,1-2H3. The molecule has 2 unspecified atom stereocenters. The minimum atomic E-state index is -2.65. The lowest BCUT2D eigenvalue weighted by atomic mass is 9.95. The van der Waals surface area contributed by atoms with Crippen molar-refractivity contribution >= 4 is 21.7 Å². The molecule has 0 radical (unpaired) electrons. The SMILES string of the molecule is Cc1ccc(C(C)CO)cc1-c1ccc2c(n1)sc(=O)n2CC1CC1(F)F. The van der Waals surface area contributed by atoms with E-state index in [1.165, 1.54) is 4.57 Å². The maximum Gasteiger partial charge on any atom is 0.309 e. The monoisotopic (exact) mass is 390 g/mol. The van der Waals surface area contributed by atoms with Gasteiger partial charge in [0.2, 0.25) is 0 Å². The van der Waals surface area contributed by atoms with Crippen molar-refractivity contribution in [2.75, 3.05) is 6.61 Å². The van der Waals surface area contributed by atoms with E-state index in [0.29, 0.717) is 10.3 Å². The van der Waals surface area contributed by atoms with Crippen LogP contribution in [0.4, 0.5) is 8.78 Å². The van der Waals surface area contributed by atoms with Crippen LogP contribution in [0.5, 0.6) is 0 Å². The number of aliphatic hydroxyl groups excluding tert-OH is 1. The van der Waals surface area contributed by atoms with Gasteiger partial charge < -0.3 is 5.11 Å². The van der Waals surface area contributed by atoms with E-state index < -0.39 is 11.8 Å². The predicted octanol–water partition coefficient (Wildman–Crippen LogP) is 4.18. The van der Waals surface area contributed by atoms with Crippen LogP contribution >= 0.6 is 11.3 Å². The number of pyridine rings is 1. The Hall–Kier alpha value is -2.12. The fourth-order valence-electron chi connectivity index (χ4n) is 3.29. The molecule has 1 N–H and O–H groups in total. The highest BCUT2D eigenvalue weighted by Crippen LogP contribution is 2.49. The van der Waals surface area contributed by atoms with Gasteiger partial charge in [-0.25, -0.2) is 13.8 Å². The molecule has 4 nitrogen and oxygen atoms in total. The van der Waals surface area contributed by atoms with Crippen LogP contribution < -0.4 is 4.87 Å². The fourth-order valence-corrected chi connectivity index (χ4v) is 4.16. The molecular formula is C20H20F2N2O2S. The molecule has 2 atom stereocenters. The van der Waals surface area contributed by atoms with E-state index in [1.54, 1.807) is 6.07 Å². The normalized spacial score (nSPS) is 19.4. The number of hydrogen-bond donors (Lipinski definition) is 1. The van der Waals surface area contributed by atoms with Crippen molar-refractivity contribution in [2.45, 2.75) is 38.7 Å². The van der Waals surface area contributed by atoms with Crippen LogP contribution in [0.3, 0.4) is 0 Å². The van der Waals surface area contributed by atoms with E-state index in [4.69, 9.17) is 0 Å². The highest BCUT2D eigenvalue weighted by molar-refractivity contribution is 7.16. The molecule has 1 aliphatic rings. The molecule has 0 saturated heterocycles. The molecule has 0 aliphatic heterocycles. The summed E-state index contributed by atoms with van der Waals surface area (Å²) in [6.07, 6.45) is -0.155. The summed E-state index contributed by atoms with van der Waals surface area (Å²) in [4.78, 5) is 17.2. The van der Waals surface area contributed by atoms with E-state index in [0.717, 1.165) is 33.7 Å². The van der Waals surface area contributed by atoms with Crippen molar-refractivity contribution in [1.29, 1.82) is 0 Å². The lowest BCUT2D eigenvalue weighted by Crippen LogP contribution is -2.15. The summed E-state index contributed by atoms with van der Waals surface area (Å²) in [6, 6.07) is 9.60. The lowest BCUT2D eigenvalue weighted by molar-refractivity contribution is 0.0953. The molecule has 2 heterocycles. The number of halogens is 2. The first-order valence-corrected chi connectivity index (χ1v) is 9.72. The molecule has 1 fully saturated rings. The minimum absolute atomic E-state index is 0.0189. The number of alkyl halides is 2. The predicted molar refractivity (Wildman–Crippen MR) is 103 cm³/mol. The van der Waals surface area contributed by atoms with Gasteiger partial charge in [0.15, 0.2) is 0 Å². The third-order valence-electron chi connectivity index (χ3n) is 5.27. The van der Waals surface area contributed by atoms with Gasteiger partial charge in [0.05, 0.1) is 11.2 Å². The summed E-state index contributed by atoms with van der Waals surface area (Å²) in [7, 11) is 0. The number of aromatic nitrogens is 2. The molecule has 1 aromatic carbocycles. The Morgan fingerprint density at radius 2 is 2.11 bits per heavy atom. The number of benzene rings is 1. The Balaban J connectivity index is 1.74. The Morgan fingerprint density at radius 3 is 2.78 bits per heavy atom. The molecule has 1 aliphatic carbocycles. The Kier molecular flexibility index (Phi) is 4.39. The van der Waals surface area contributed by atoms with Crippen molar-refractivity contribution in [3.8, 4) is 11.3 Å². The molecule has 27 heavy (non-hydrogen) atoms. The minimum Gasteiger partial charge on any atom is -0.396 e. The van der Waals surface area contributed by atoms with Crippen LogP contribution in [0, 0.1) is 12.8 Å². The largest absolute Gasteiger partial charge is 0.396 e. The maximum atomic E-state index is 13.2. The topological polar surface area (TPSA) is 55.1 Å². The average Bonchev–Trinajstić information content (AvgIpc) is 3.12. The second kappa shape index (κ2) is 6.49. The fraction of sp³-hybridized carbons (Fsp3) is 0.400. The first-order chi connectivity index (χ1) is 12.8. The summed E-state index contributed by atoms with van der Waals surface area (Å²) in [5.74, 6) is -3.39. The van der Waals surface area contributed by atoms with Crippen LogP contribution in [0.15, 0.2) is 35.1 Å². The van der Waals surface area contributed by atoms with Gasteiger partial charge in [-0.15, -0.1) is 0 Å². The number of aliphatic hydroxyl groups is 1. The van der Waals surface area contributed by atoms with Gasteiger partial charge in [0.1, 0.15) is 4.83 Å². The average molecular weight is 390 g/mol. The highest BCUT2D eigenvalue weighted by Gasteiger charge is 2.56. The third kappa shape index (κ3) is 3.30. The number of rotatable bonds is 5. The number of thiazole rings is 1. The molecule has 142 valence electrons. The Bertz CT molecular complexity index is 1070. The number of nitrogens with zero attached hydrogens (tertiary/aromatic N) is 2. The van der Waals surface area contributed by atoms with E-state index in [2.05, 4.69) is 4.98 Å². The van der Waals surface area contributed by atoms with Crippen LogP contribution in [0.2, 0.25) is 0 Å². The number of hydrogen-bond acceptors (Lipinski definition) is 4. The summed E-state index contributed by atoms with van der Waals surface area (Å²) in [6.45, 7) is 4.03. The van der Waals surface area contributed by atoms with E-state index in [-0.39, 0.29) is 30.4 Å². The molecule has 4 rings (SSSR count). The second-order valence-corrected chi connectivity index (χ2v) is 8.26. The Morgan fingerprint density at radius 1 is 1.37 bits per heavy atom. The molecular weight excluding hydrogens is 370 g/mol. The summed E-state index contributed by atoms with van der Waals surface area (Å²) < 4.78 is 27.9. The first-order valence-electron chi connectivity index (χ1n) is 8.90. The molecule has 3 aromatic rings. The molecule has 0 amide bonds. The molecule has 1 saturated carbocycles. The molecule has 7 heteroatoms. The van der Waals surface area contributed by atoms with Gasteiger partial charge >= 0.3 is 4.87 Å². The van der Waals surface area contributed by atoms with Crippen molar-refractivity contribution in [1.82, 2.24) is 9.55 Å². The highest BCUT2D eigenvalue weighted by atomic mass is 32.1. The quantitative estimate of drug-likeness (QED) is 0.711. The maximum absolute atomic E-state index is 13.2. The zero-order chi connectivity index (χ0) is 19.3. The zero-order valence-corrected chi connectivity index (χ0v) is 15.9. The molecule has 2 aromatic heterocycles. The number of fused-ring (bicyclic) bond motifs is 1. The van der Waals surface area contributed by atoms with Gasteiger partial charge in [-0.3, -0.25) is 9.36 Å². The van der Waals surface area contributed by atoms with Gasteiger partial charge in [-0.1, -0.05) is 30.4 Å².